The van der Waals surface area contributed by atoms with Gasteiger partial charge in [0.25, 0.3) is 0 Å². The molecule has 0 N–H and O–H groups in total. The molecular formula is C21H14ClNO2S. The number of halogens is 1. The van der Waals surface area contributed by atoms with Crippen molar-refractivity contribution in [3.63, 3.8) is 0 Å². The summed E-state index contributed by atoms with van der Waals surface area (Å²) in [5.74, 6) is -0.355. The maximum absolute atomic E-state index is 11.9. The van der Waals surface area contributed by atoms with Gasteiger partial charge in [0.15, 0.2) is 0 Å². The number of hydrogen-bond acceptors (Lipinski definition) is 4. The second-order valence-electron chi connectivity index (χ2n) is 5.75. The van der Waals surface area contributed by atoms with E-state index in [1.807, 2.05) is 36.4 Å². The van der Waals surface area contributed by atoms with Gasteiger partial charge in [-0.05, 0) is 28.8 Å². The van der Waals surface area contributed by atoms with Crippen molar-refractivity contribution in [1.82, 2.24) is 4.98 Å². The lowest BCUT2D eigenvalue weighted by atomic mass is 9.98. The van der Waals surface area contributed by atoms with Crippen LogP contribution in [0, 0.1) is 0 Å². The molecule has 0 atom stereocenters. The smallest absolute Gasteiger partial charge is 0.348 e. The van der Waals surface area contributed by atoms with Gasteiger partial charge in [-0.15, -0.1) is 11.3 Å². The molecule has 0 aliphatic heterocycles. The predicted molar refractivity (Wildman–Crippen MR) is 107 cm³/mol. The Morgan fingerprint density at radius 3 is 2.50 bits per heavy atom. The van der Waals surface area contributed by atoms with Gasteiger partial charge < -0.3 is 4.74 Å². The van der Waals surface area contributed by atoms with Crippen LogP contribution in [0.1, 0.15) is 9.67 Å². The summed E-state index contributed by atoms with van der Waals surface area (Å²) in [6, 6.07) is 20.1. The molecule has 0 spiro atoms. The van der Waals surface area contributed by atoms with Gasteiger partial charge in [-0.3, -0.25) is 0 Å². The zero-order valence-corrected chi connectivity index (χ0v) is 15.5. The Balaban J connectivity index is 1.90. The molecule has 0 radical (unpaired) electrons. The van der Waals surface area contributed by atoms with Crippen molar-refractivity contribution in [1.29, 1.82) is 0 Å². The van der Waals surface area contributed by atoms with Gasteiger partial charge in [0, 0.05) is 17.1 Å². The van der Waals surface area contributed by atoms with Crippen molar-refractivity contribution in [3.05, 3.63) is 76.9 Å². The first-order valence-corrected chi connectivity index (χ1v) is 9.19. The number of pyridine rings is 1. The standard InChI is InChI=1S/C21H14ClNO2S/c1-25-21(24)17-11-16-18(26-17)12-23-20(22)19(16)15-9-5-8-14(10-15)13-6-3-2-4-7-13/h2-12H,1H3. The molecule has 0 aliphatic rings. The van der Waals surface area contributed by atoms with Crippen molar-refractivity contribution in [3.8, 4) is 22.3 Å². The van der Waals surface area contributed by atoms with Crippen molar-refractivity contribution in [2.75, 3.05) is 7.11 Å². The average molecular weight is 380 g/mol. The van der Waals surface area contributed by atoms with Gasteiger partial charge in [-0.2, -0.15) is 0 Å². The summed E-state index contributed by atoms with van der Waals surface area (Å²) in [5.41, 5.74) is 4.02. The number of nitrogens with zero attached hydrogens (tertiary/aromatic N) is 1. The van der Waals surface area contributed by atoms with Crippen LogP contribution in [0.5, 0.6) is 0 Å². The van der Waals surface area contributed by atoms with E-state index in [2.05, 4.69) is 29.2 Å². The number of carbonyl (C=O) groups excluding carboxylic acids is 1. The van der Waals surface area contributed by atoms with Crippen molar-refractivity contribution in [2.45, 2.75) is 0 Å². The molecule has 4 rings (SSSR count). The van der Waals surface area contributed by atoms with Crippen LogP contribution in [-0.4, -0.2) is 18.1 Å². The maximum Gasteiger partial charge on any atom is 0.348 e. The van der Waals surface area contributed by atoms with Crippen LogP contribution in [0.2, 0.25) is 5.15 Å². The molecule has 4 aromatic rings. The zero-order chi connectivity index (χ0) is 18.1. The normalized spacial score (nSPS) is 10.8. The molecule has 0 fully saturated rings. The lowest BCUT2D eigenvalue weighted by Crippen LogP contribution is -1.96. The fourth-order valence-electron chi connectivity index (χ4n) is 2.95. The summed E-state index contributed by atoms with van der Waals surface area (Å²) in [5, 5.41) is 1.32. The summed E-state index contributed by atoms with van der Waals surface area (Å²) < 4.78 is 5.73. The largest absolute Gasteiger partial charge is 0.465 e. The minimum absolute atomic E-state index is 0.355. The Labute approximate surface area is 159 Å². The van der Waals surface area contributed by atoms with Crippen LogP contribution in [-0.2, 0) is 4.74 Å². The van der Waals surface area contributed by atoms with Crippen LogP contribution < -0.4 is 0 Å². The van der Waals surface area contributed by atoms with Gasteiger partial charge >= 0.3 is 5.97 Å². The Kier molecular flexibility index (Phi) is 4.45. The fourth-order valence-corrected chi connectivity index (χ4v) is 4.16. The van der Waals surface area contributed by atoms with Gasteiger partial charge in [0.2, 0.25) is 0 Å². The van der Waals surface area contributed by atoms with E-state index in [0.717, 1.165) is 32.3 Å². The summed E-state index contributed by atoms with van der Waals surface area (Å²) in [4.78, 5) is 16.7. The monoisotopic (exact) mass is 379 g/mol. The number of ether oxygens (including phenoxy) is 1. The number of hydrogen-bond donors (Lipinski definition) is 0. The molecule has 3 nitrogen and oxygen atoms in total. The first-order valence-electron chi connectivity index (χ1n) is 7.99. The number of aromatic nitrogens is 1. The average Bonchev–Trinajstić information content (AvgIpc) is 3.12. The Bertz CT molecular complexity index is 1110. The highest BCUT2D eigenvalue weighted by atomic mass is 35.5. The lowest BCUT2D eigenvalue weighted by Gasteiger charge is -2.08. The summed E-state index contributed by atoms with van der Waals surface area (Å²) in [6.07, 6.45) is 1.69. The predicted octanol–water partition coefficient (Wildman–Crippen LogP) is 6.07. The van der Waals surface area contributed by atoms with E-state index < -0.39 is 0 Å². The topological polar surface area (TPSA) is 39.2 Å². The number of esters is 1. The molecule has 128 valence electrons. The number of benzene rings is 2. The second-order valence-corrected chi connectivity index (χ2v) is 7.19. The first-order chi connectivity index (χ1) is 12.7. The summed E-state index contributed by atoms with van der Waals surface area (Å²) in [6.45, 7) is 0. The highest BCUT2D eigenvalue weighted by Gasteiger charge is 2.17. The van der Waals surface area contributed by atoms with E-state index >= 15 is 0 Å². The number of methoxy groups -OCH3 is 1. The molecule has 5 heteroatoms. The Morgan fingerprint density at radius 1 is 1.00 bits per heavy atom. The van der Waals surface area contributed by atoms with Gasteiger partial charge in [-0.25, -0.2) is 9.78 Å². The molecule has 2 aromatic carbocycles. The summed E-state index contributed by atoms with van der Waals surface area (Å²) in [7, 11) is 1.38. The molecule has 0 amide bonds. The number of fused-ring (bicyclic) bond motifs is 1. The molecule has 2 heterocycles. The van der Waals surface area contributed by atoms with Crippen LogP contribution in [0.4, 0.5) is 0 Å². The molecule has 2 aromatic heterocycles. The van der Waals surface area contributed by atoms with Gasteiger partial charge in [0.1, 0.15) is 10.0 Å². The minimum atomic E-state index is -0.355. The summed E-state index contributed by atoms with van der Waals surface area (Å²) >= 11 is 7.79. The SMILES string of the molecule is COC(=O)c1cc2c(-c3cccc(-c4ccccc4)c3)c(Cl)ncc2s1. The second kappa shape index (κ2) is 6.90. The highest BCUT2D eigenvalue weighted by Crippen LogP contribution is 2.39. The molecular weight excluding hydrogens is 366 g/mol. The molecule has 0 saturated heterocycles. The molecule has 0 unspecified atom stereocenters. The molecule has 0 saturated carbocycles. The van der Waals surface area contributed by atoms with Crippen molar-refractivity contribution in [2.24, 2.45) is 0 Å². The van der Waals surface area contributed by atoms with E-state index in [1.54, 1.807) is 6.20 Å². The fraction of sp³-hybridized carbons (Fsp3) is 0.0476. The lowest BCUT2D eigenvalue weighted by molar-refractivity contribution is 0.0606. The van der Waals surface area contributed by atoms with E-state index in [1.165, 1.54) is 18.4 Å². The van der Waals surface area contributed by atoms with E-state index in [-0.39, 0.29) is 5.97 Å². The highest BCUT2D eigenvalue weighted by molar-refractivity contribution is 7.20. The van der Waals surface area contributed by atoms with E-state index in [4.69, 9.17) is 16.3 Å². The number of carbonyl (C=O) groups is 1. The van der Waals surface area contributed by atoms with Crippen molar-refractivity contribution < 1.29 is 9.53 Å². The zero-order valence-electron chi connectivity index (χ0n) is 13.9. The number of thiophene rings is 1. The van der Waals surface area contributed by atoms with Crippen LogP contribution in [0.3, 0.4) is 0 Å². The van der Waals surface area contributed by atoms with Crippen LogP contribution >= 0.6 is 22.9 Å². The number of rotatable bonds is 3. The first kappa shape index (κ1) is 16.8. The van der Waals surface area contributed by atoms with E-state index in [9.17, 15) is 4.79 Å². The Morgan fingerprint density at radius 2 is 1.73 bits per heavy atom. The third kappa shape index (κ3) is 2.98. The maximum atomic E-state index is 11.9. The van der Waals surface area contributed by atoms with Gasteiger partial charge in [-0.1, -0.05) is 60.1 Å². The van der Waals surface area contributed by atoms with Crippen LogP contribution in [0.15, 0.2) is 66.9 Å². The van der Waals surface area contributed by atoms with E-state index in [0.29, 0.717) is 10.0 Å². The minimum Gasteiger partial charge on any atom is -0.465 e. The van der Waals surface area contributed by atoms with Crippen molar-refractivity contribution >= 4 is 39.0 Å². The third-order valence-corrected chi connectivity index (χ3v) is 5.51. The molecule has 26 heavy (non-hydrogen) atoms. The third-order valence-electron chi connectivity index (χ3n) is 4.18. The quantitative estimate of drug-likeness (QED) is 0.320. The van der Waals surface area contributed by atoms with Crippen LogP contribution in [0.25, 0.3) is 32.3 Å². The Hall–Kier alpha value is -2.69. The molecule has 0 bridgehead atoms. The van der Waals surface area contributed by atoms with Gasteiger partial charge in [0.05, 0.1) is 11.8 Å². The molecule has 0 aliphatic carbocycles.